The Kier molecular flexibility index (Phi) is 7.65. The highest BCUT2D eigenvalue weighted by Gasteiger charge is 2.30. The van der Waals surface area contributed by atoms with Crippen LogP contribution in [0.3, 0.4) is 0 Å². The van der Waals surface area contributed by atoms with Crippen molar-refractivity contribution in [3.63, 3.8) is 0 Å². The van der Waals surface area contributed by atoms with Gasteiger partial charge < -0.3 is 5.32 Å². The minimum atomic E-state index is -3.68. The number of benzene rings is 3. The molecule has 0 aliphatic carbocycles. The van der Waals surface area contributed by atoms with Gasteiger partial charge in [0.25, 0.3) is 5.91 Å². The summed E-state index contributed by atoms with van der Waals surface area (Å²) in [5.41, 5.74) is 5.90. The molecule has 0 unspecified atom stereocenters. The maximum atomic E-state index is 13.6. The molecule has 0 bridgehead atoms. The molecule has 7 nitrogen and oxygen atoms in total. The second-order valence-electron chi connectivity index (χ2n) is 11.1. The summed E-state index contributed by atoms with van der Waals surface area (Å²) in [7, 11) is -3.68. The van der Waals surface area contributed by atoms with E-state index in [-0.39, 0.29) is 10.8 Å². The van der Waals surface area contributed by atoms with Gasteiger partial charge in [0, 0.05) is 42.2 Å². The second kappa shape index (κ2) is 11.6. The molecule has 3 aromatic carbocycles. The highest BCUT2D eigenvalue weighted by atomic mass is 32.2. The summed E-state index contributed by atoms with van der Waals surface area (Å²) in [4.78, 5) is 22.4. The molecule has 43 heavy (non-hydrogen) atoms. The first kappa shape index (κ1) is 28.4. The Labute approximate surface area is 259 Å². The van der Waals surface area contributed by atoms with Crippen LogP contribution in [0.15, 0.2) is 77.7 Å². The van der Waals surface area contributed by atoms with Gasteiger partial charge in [0.2, 0.25) is 10.0 Å². The number of thiophene rings is 1. The molecule has 2 aliphatic rings. The SMILES string of the molecule is CCCN1CCc2c(sc(NC(=O)c3ccc(S(=O)(=O)N4CCc5ccccc5C4)cc3)c2-c2nc3ccccc3s2)C1. The van der Waals surface area contributed by atoms with Gasteiger partial charge in [-0.3, -0.25) is 9.69 Å². The number of sulfonamides is 1. The lowest BCUT2D eigenvalue weighted by Crippen LogP contribution is -2.35. The minimum absolute atomic E-state index is 0.196. The van der Waals surface area contributed by atoms with Crippen LogP contribution in [0, 0.1) is 0 Å². The van der Waals surface area contributed by atoms with E-state index in [1.807, 2.05) is 36.4 Å². The van der Waals surface area contributed by atoms with E-state index >= 15 is 0 Å². The number of anilines is 1. The smallest absolute Gasteiger partial charge is 0.256 e. The van der Waals surface area contributed by atoms with Crippen molar-refractivity contribution >= 4 is 53.8 Å². The number of hydrogen-bond acceptors (Lipinski definition) is 7. The molecule has 1 N–H and O–H groups in total. The van der Waals surface area contributed by atoms with Crippen LogP contribution in [-0.2, 0) is 36.0 Å². The predicted octanol–water partition coefficient (Wildman–Crippen LogP) is 6.79. The van der Waals surface area contributed by atoms with Crippen LogP contribution >= 0.6 is 22.7 Å². The molecule has 2 aliphatic heterocycles. The molecule has 0 atom stereocenters. The summed E-state index contributed by atoms with van der Waals surface area (Å²) in [5, 5.41) is 4.90. The minimum Gasteiger partial charge on any atom is -0.313 e. The van der Waals surface area contributed by atoms with Crippen molar-refractivity contribution in [1.29, 1.82) is 0 Å². The molecule has 4 heterocycles. The van der Waals surface area contributed by atoms with Gasteiger partial charge >= 0.3 is 0 Å². The summed E-state index contributed by atoms with van der Waals surface area (Å²) in [5.74, 6) is -0.262. The van der Waals surface area contributed by atoms with Crippen LogP contribution in [0.5, 0.6) is 0 Å². The topological polar surface area (TPSA) is 82.6 Å². The number of aromatic nitrogens is 1. The number of nitrogens with one attached hydrogen (secondary N) is 1. The molecular weight excluding hydrogens is 597 g/mol. The number of hydrogen-bond donors (Lipinski definition) is 1. The Morgan fingerprint density at radius 3 is 2.47 bits per heavy atom. The number of thiazole rings is 1. The Morgan fingerprint density at radius 2 is 1.67 bits per heavy atom. The Bertz CT molecular complexity index is 1900. The summed E-state index contributed by atoms with van der Waals surface area (Å²) in [6.07, 6.45) is 2.71. The number of carbonyl (C=O) groups excluding carboxylic acids is 1. The van der Waals surface area contributed by atoms with Crippen LogP contribution < -0.4 is 5.32 Å². The molecule has 220 valence electrons. The third-order valence-corrected chi connectivity index (χ3v) is 12.3. The van der Waals surface area contributed by atoms with Crippen molar-refractivity contribution < 1.29 is 13.2 Å². The number of rotatable bonds is 7. The van der Waals surface area contributed by atoms with E-state index in [1.165, 1.54) is 20.3 Å². The number of para-hydroxylation sites is 1. The Hall–Kier alpha value is -3.41. The van der Waals surface area contributed by atoms with Gasteiger partial charge in [0.15, 0.2) is 0 Å². The van der Waals surface area contributed by atoms with Crippen LogP contribution in [0.2, 0.25) is 0 Å². The van der Waals surface area contributed by atoms with Crippen LogP contribution in [-0.4, -0.2) is 48.1 Å². The third-order valence-electron chi connectivity index (χ3n) is 8.26. The van der Waals surface area contributed by atoms with Gasteiger partial charge in [-0.25, -0.2) is 13.4 Å². The van der Waals surface area contributed by atoms with Crippen molar-refractivity contribution in [1.82, 2.24) is 14.2 Å². The average Bonchev–Trinajstić information content (AvgIpc) is 3.61. The van der Waals surface area contributed by atoms with E-state index in [9.17, 15) is 13.2 Å². The summed E-state index contributed by atoms with van der Waals surface area (Å²) in [6, 6.07) is 22.4. The average molecular weight is 629 g/mol. The standard InChI is InChI=1S/C33H32N4O3S3/c1-2-17-36-18-16-26-29(21-36)42-33(30(26)32-34-27-9-5-6-10-28(27)41-32)35-31(38)23-11-13-25(14-12-23)43(39,40)37-19-15-22-7-3-4-8-24(22)20-37/h3-14H,2,15-21H2,1H3,(H,35,38). The zero-order chi connectivity index (χ0) is 29.6. The van der Waals surface area contributed by atoms with Gasteiger partial charge in [-0.05, 0) is 78.9 Å². The second-order valence-corrected chi connectivity index (χ2v) is 15.1. The monoisotopic (exact) mass is 628 g/mol. The normalized spacial score (nSPS) is 15.7. The molecule has 7 rings (SSSR count). The fourth-order valence-electron chi connectivity index (χ4n) is 6.03. The van der Waals surface area contributed by atoms with E-state index in [2.05, 4.69) is 29.3 Å². The molecule has 2 aromatic heterocycles. The first-order valence-electron chi connectivity index (χ1n) is 14.6. The predicted molar refractivity (Wildman–Crippen MR) is 174 cm³/mol. The first-order chi connectivity index (χ1) is 20.9. The zero-order valence-electron chi connectivity index (χ0n) is 23.9. The highest BCUT2D eigenvalue weighted by molar-refractivity contribution is 7.89. The van der Waals surface area contributed by atoms with Crippen molar-refractivity contribution in [2.24, 2.45) is 0 Å². The zero-order valence-corrected chi connectivity index (χ0v) is 26.3. The fourth-order valence-corrected chi connectivity index (χ4v) is 9.85. The van der Waals surface area contributed by atoms with E-state index in [0.29, 0.717) is 25.1 Å². The molecule has 10 heteroatoms. The maximum Gasteiger partial charge on any atom is 0.256 e. The quantitative estimate of drug-likeness (QED) is 0.215. The molecule has 0 spiro atoms. The number of nitrogens with zero attached hydrogens (tertiary/aromatic N) is 3. The summed E-state index contributed by atoms with van der Waals surface area (Å²) >= 11 is 3.28. The maximum absolute atomic E-state index is 13.6. The molecule has 1 amide bonds. The fraction of sp³-hybridized carbons (Fsp3) is 0.273. The van der Waals surface area contributed by atoms with Crippen LogP contribution in [0.4, 0.5) is 5.00 Å². The molecule has 0 radical (unpaired) electrons. The van der Waals surface area contributed by atoms with E-state index < -0.39 is 10.0 Å². The number of amides is 1. The summed E-state index contributed by atoms with van der Waals surface area (Å²) in [6.45, 7) is 5.90. The van der Waals surface area contributed by atoms with E-state index in [4.69, 9.17) is 4.98 Å². The van der Waals surface area contributed by atoms with Crippen molar-refractivity contribution in [3.8, 4) is 10.6 Å². The van der Waals surface area contributed by atoms with Crippen molar-refractivity contribution in [2.45, 2.75) is 44.2 Å². The van der Waals surface area contributed by atoms with Crippen LogP contribution in [0.25, 0.3) is 20.8 Å². The number of fused-ring (bicyclic) bond motifs is 3. The molecule has 0 saturated carbocycles. The Morgan fingerprint density at radius 1 is 0.907 bits per heavy atom. The first-order valence-corrected chi connectivity index (χ1v) is 17.7. The lowest BCUT2D eigenvalue weighted by atomic mass is 10.0. The van der Waals surface area contributed by atoms with Gasteiger partial charge in [0.1, 0.15) is 10.0 Å². The van der Waals surface area contributed by atoms with Crippen molar-refractivity contribution in [2.75, 3.05) is 25.0 Å². The highest BCUT2D eigenvalue weighted by Crippen LogP contribution is 2.46. The van der Waals surface area contributed by atoms with Gasteiger partial charge in [-0.15, -0.1) is 22.7 Å². The summed E-state index contributed by atoms with van der Waals surface area (Å²) < 4.78 is 29.5. The molecular formula is C33H32N4O3S3. The van der Waals surface area contributed by atoms with E-state index in [1.54, 1.807) is 46.9 Å². The molecule has 5 aromatic rings. The molecule has 0 fully saturated rings. The van der Waals surface area contributed by atoms with E-state index in [0.717, 1.165) is 63.8 Å². The van der Waals surface area contributed by atoms with Crippen molar-refractivity contribution in [3.05, 3.63) is 99.9 Å². The van der Waals surface area contributed by atoms with Crippen LogP contribution in [0.1, 0.15) is 45.3 Å². The third kappa shape index (κ3) is 5.42. The number of carbonyl (C=O) groups is 1. The largest absolute Gasteiger partial charge is 0.313 e. The van der Waals surface area contributed by atoms with Gasteiger partial charge in [0.05, 0.1) is 15.1 Å². The van der Waals surface area contributed by atoms with Gasteiger partial charge in [-0.1, -0.05) is 43.3 Å². The lowest BCUT2D eigenvalue weighted by molar-refractivity contribution is 0.102. The van der Waals surface area contributed by atoms with Gasteiger partial charge in [-0.2, -0.15) is 4.31 Å². The lowest BCUT2D eigenvalue weighted by Gasteiger charge is -2.28. The molecule has 0 saturated heterocycles. The Balaban J connectivity index is 1.15.